The van der Waals surface area contributed by atoms with Crippen LogP contribution >= 0.6 is 0 Å². The van der Waals surface area contributed by atoms with E-state index in [0.717, 1.165) is 44.6 Å². The average Bonchev–Trinajstić information content (AvgIpc) is 2.66. The van der Waals surface area contributed by atoms with E-state index in [1.165, 1.54) is 0 Å². The lowest BCUT2D eigenvalue weighted by molar-refractivity contribution is 0.0675. The van der Waals surface area contributed by atoms with Crippen molar-refractivity contribution in [2.75, 3.05) is 32.4 Å². The molecule has 0 bridgehead atoms. The SMILES string of the molecule is CCc1cc(C(=O)N2CCCN(C)CC2CC)cc(N)n1. The molecule has 0 saturated carbocycles. The summed E-state index contributed by atoms with van der Waals surface area (Å²) in [6.45, 7) is 6.95. The molecule has 5 nitrogen and oxygen atoms in total. The third kappa shape index (κ3) is 3.73. The van der Waals surface area contributed by atoms with Crippen molar-refractivity contribution in [3.05, 3.63) is 23.4 Å². The molecule has 1 unspecified atom stereocenters. The number of nitrogen functional groups attached to an aromatic ring is 1. The van der Waals surface area contributed by atoms with Crippen LogP contribution in [0.25, 0.3) is 0 Å². The van der Waals surface area contributed by atoms with Crippen LogP contribution in [-0.2, 0) is 6.42 Å². The third-order valence-corrected chi connectivity index (χ3v) is 4.14. The van der Waals surface area contributed by atoms with Crippen LogP contribution in [0.15, 0.2) is 12.1 Å². The minimum Gasteiger partial charge on any atom is -0.384 e. The molecule has 1 amide bonds. The number of aromatic nitrogens is 1. The van der Waals surface area contributed by atoms with Crippen LogP contribution in [-0.4, -0.2) is 53.4 Å². The molecule has 0 radical (unpaired) electrons. The van der Waals surface area contributed by atoms with E-state index in [4.69, 9.17) is 5.73 Å². The number of hydrogen-bond acceptors (Lipinski definition) is 4. The Labute approximate surface area is 127 Å². The Bertz CT molecular complexity index is 503. The highest BCUT2D eigenvalue weighted by Gasteiger charge is 2.27. The Morgan fingerprint density at radius 1 is 1.38 bits per heavy atom. The third-order valence-electron chi connectivity index (χ3n) is 4.14. The molecule has 1 saturated heterocycles. The van der Waals surface area contributed by atoms with Crippen molar-refractivity contribution in [1.29, 1.82) is 0 Å². The Kier molecular flexibility index (Phi) is 5.17. The summed E-state index contributed by atoms with van der Waals surface area (Å²) in [4.78, 5) is 21.4. The lowest BCUT2D eigenvalue weighted by Crippen LogP contribution is -2.43. The van der Waals surface area contributed by atoms with Crippen molar-refractivity contribution in [1.82, 2.24) is 14.8 Å². The van der Waals surface area contributed by atoms with Crippen LogP contribution < -0.4 is 5.73 Å². The van der Waals surface area contributed by atoms with Gasteiger partial charge in [0, 0.05) is 30.4 Å². The normalized spacial score (nSPS) is 20.3. The average molecular weight is 290 g/mol. The van der Waals surface area contributed by atoms with Gasteiger partial charge in [-0.2, -0.15) is 0 Å². The number of carbonyl (C=O) groups excluding carboxylic acids is 1. The summed E-state index contributed by atoms with van der Waals surface area (Å²) in [7, 11) is 2.12. The fourth-order valence-corrected chi connectivity index (χ4v) is 2.94. The summed E-state index contributed by atoms with van der Waals surface area (Å²) in [6, 6.07) is 3.84. The molecule has 0 spiro atoms. The molecule has 1 atom stereocenters. The molecular weight excluding hydrogens is 264 g/mol. The highest BCUT2D eigenvalue weighted by atomic mass is 16.2. The monoisotopic (exact) mass is 290 g/mol. The van der Waals surface area contributed by atoms with Crippen LogP contribution in [0.1, 0.15) is 42.7 Å². The molecule has 1 aromatic heterocycles. The molecule has 21 heavy (non-hydrogen) atoms. The molecule has 5 heteroatoms. The number of carbonyl (C=O) groups is 1. The molecule has 0 aliphatic carbocycles. The highest BCUT2D eigenvalue weighted by molar-refractivity contribution is 5.95. The van der Waals surface area contributed by atoms with Crippen LogP contribution in [0.5, 0.6) is 0 Å². The number of hydrogen-bond donors (Lipinski definition) is 1. The molecule has 2 heterocycles. The zero-order valence-corrected chi connectivity index (χ0v) is 13.3. The maximum absolute atomic E-state index is 12.9. The number of amides is 1. The first-order valence-electron chi connectivity index (χ1n) is 7.81. The van der Waals surface area contributed by atoms with Gasteiger partial charge in [-0.15, -0.1) is 0 Å². The van der Waals surface area contributed by atoms with Gasteiger partial charge in [-0.3, -0.25) is 4.79 Å². The fourth-order valence-electron chi connectivity index (χ4n) is 2.94. The first-order valence-corrected chi connectivity index (χ1v) is 7.81. The van der Waals surface area contributed by atoms with Gasteiger partial charge in [0.15, 0.2) is 0 Å². The fraction of sp³-hybridized carbons (Fsp3) is 0.625. The molecule has 1 aliphatic heterocycles. The molecule has 1 fully saturated rings. The molecular formula is C16H26N4O. The van der Waals surface area contributed by atoms with Gasteiger partial charge in [-0.1, -0.05) is 13.8 Å². The first kappa shape index (κ1) is 15.8. The molecule has 1 aliphatic rings. The van der Waals surface area contributed by atoms with Gasteiger partial charge in [0.2, 0.25) is 0 Å². The first-order chi connectivity index (χ1) is 10.0. The number of aryl methyl sites for hydroxylation is 1. The summed E-state index contributed by atoms with van der Waals surface area (Å²) in [5.74, 6) is 0.513. The quantitative estimate of drug-likeness (QED) is 0.922. The highest BCUT2D eigenvalue weighted by Crippen LogP contribution is 2.18. The van der Waals surface area contributed by atoms with E-state index < -0.39 is 0 Å². The summed E-state index contributed by atoms with van der Waals surface area (Å²) < 4.78 is 0. The van der Waals surface area contributed by atoms with E-state index in [-0.39, 0.29) is 11.9 Å². The standard InChI is InChI=1S/C16H26N4O/c1-4-13-9-12(10-15(17)18-13)16(21)20-8-6-7-19(3)11-14(20)5-2/h9-10,14H,4-8,11H2,1-3H3,(H2,17,18). The second-order valence-electron chi connectivity index (χ2n) is 5.80. The summed E-state index contributed by atoms with van der Waals surface area (Å²) >= 11 is 0. The topological polar surface area (TPSA) is 62.5 Å². The lowest BCUT2D eigenvalue weighted by atomic mass is 10.1. The predicted octanol–water partition coefficient (Wildman–Crippen LogP) is 1.78. The van der Waals surface area contributed by atoms with Gasteiger partial charge in [-0.05, 0) is 45.0 Å². The number of nitrogens with two attached hydrogens (primary N) is 1. The number of anilines is 1. The molecule has 116 valence electrons. The maximum Gasteiger partial charge on any atom is 0.254 e. The van der Waals surface area contributed by atoms with Crippen molar-refractivity contribution in [3.8, 4) is 0 Å². The second kappa shape index (κ2) is 6.89. The largest absolute Gasteiger partial charge is 0.384 e. The van der Waals surface area contributed by atoms with Crippen LogP contribution in [0, 0.1) is 0 Å². The minimum atomic E-state index is 0.0842. The number of likely N-dealkylation sites (N-methyl/N-ethyl adjacent to an activating group) is 1. The summed E-state index contributed by atoms with van der Waals surface area (Å²) in [6.07, 6.45) is 2.77. The van der Waals surface area contributed by atoms with Gasteiger partial charge in [0.05, 0.1) is 0 Å². The van der Waals surface area contributed by atoms with Crippen molar-refractivity contribution in [3.63, 3.8) is 0 Å². The molecule has 1 aromatic rings. The smallest absolute Gasteiger partial charge is 0.254 e. The van der Waals surface area contributed by atoms with Gasteiger partial charge < -0.3 is 15.5 Å². The Balaban J connectivity index is 2.26. The second-order valence-corrected chi connectivity index (χ2v) is 5.80. The van der Waals surface area contributed by atoms with E-state index >= 15 is 0 Å². The summed E-state index contributed by atoms with van der Waals surface area (Å²) in [5.41, 5.74) is 7.37. The Hall–Kier alpha value is -1.62. The minimum absolute atomic E-state index is 0.0842. The van der Waals surface area contributed by atoms with E-state index in [0.29, 0.717) is 11.4 Å². The molecule has 0 aromatic carbocycles. The van der Waals surface area contributed by atoms with E-state index in [2.05, 4.69) is 23.9 Å². The van der Waals surface area contributed by atoms with Gasteiger partial charge in [0.25, 0.3) is 5.91 Å². The number of nitrogens with zero attached hydrogens (tertiary/aromatic N) is 3. The Morgan fingerprint density at radius 3 is 2.81 bits per heavy atom. The molecule has 2 rings (SSSR count). The van der Waals surface area contributed by atoms with Crippen LogP contribution in [0.3, 0.4) is 0 Å². The van der Waals surface area contributed by atoms with Gasteiger partial charge >= 0.3 is 0 Å². The lowest BCUT2D eigenvalue weighted by Gasteiger charge is -2.30. The Morgan fingerprint density at radius 2 is 2.14 bits per heavy atom. The van der Waals surface area contributed by atoms with Crippen LogP contribution in [0.4, 0.5) is 5.82 Å². The van der Waals surface area contributed by atoms with Crippen LogP contribution in [0.2, 0.25) is 0 Å². The molecule has 2 N–H and O–H groups in total. The van der Waals surface area contributed by atoms with Gasteiger partial charge in [0.1, 0.15) is 5.82 Å². The zero-order chi connectivity index (χ0) is 15.4. The predicted molar refractivity (Wildman–Crippen MR) is 85.3 cm³/mol. The number of rotatable bonds is 3. The van der Waals surface area contributed by atoms with Gasteiger partial charge in [-0.25, -0.2) is 4.98 Å². The summed E-state index contributed by atoms with van der Waals surface area (Å²) in [5, 5.41) is 0. The van der Waals surface area contributed by atoms with Crippen molar-refractivity contribution < 1.29 is 4.79 Å². The van der Waals surface area contributed by atoms with Crippen molar-refractivity contribution in [2.24, 2.45) is 0 Å². The van der Waals surface area contributed by atoms with E-state index in [1.807, 2.05) is 17.9 Å². The maximum atomic E-state index is 12.9. The zero-order valence-electron chi connectivity index (χ0n) is 13.3. The van der Waals surface area contributed by atoms with Crippen molar-refractivity contribution >= 4 is 11.7 Å². The van der Waals surface area contributed by atoms with E-state index in [9.17, 15) is 4.79 Å². The van der Waals surface area contributed by atoms with Crippen molar-refractivity contribution in [2.45, 2.75) is 39.2 Å². The van der Waals surface area contributed by atoms with E-state index in [1.54, 1.807) is 6.07 Å². The number of pyridine rings is 1.